The van der Waals surface area contributed by atoms with Crippen molar-refractivity contribution in [1.82, 2.24) is 4.90 Å². The van der Waals surface area contributed by atoms with Crippen molar-refractivity contribution in [3.05, 3.63) is 29.8 Å². The average Bonchev–Trinajstić information content (AvgIpc) is 2.61. The molecule has 2 unspecified atom stereocenters. The van der Waals surface area contributed by atoms with Crippen LogP contribution in [-0.4, -0.2) is 42.6 Å². The van der Waals surface area contributed by atoms with Gasteiger partial charge in [0, 0.05) is 19.5 Å². The zero-order valence-electron chi connectivity index (χ0n) is 14.5. The lowest BCUT2D eigenvalue weighted by atomic mass is 9.81. The molecule has 0 bridgehead atoms. The van der Waals surface area contributed by atoms with Gasteiger partial charge in [-0.05, 0) is 49.8 Å². The molecule has 1 N–H and O–H groups in total. The molecule has 5 nitrogen and oxygen atoms in total. The summed E-state index contributed by atoms with van der Waals surface area (Å²) in [6, 6.07) is 7.97. The summed E-state index contributed by atoms with van der Waals surface area (Å²) in [5.74, 6) is -0.326. The Labute approximate surface area is 143 Å². The summed E-state index contributed by atoms with van der Waals surface area (Å²) in [6.07, 6.45) is 4.61. The van der Waals surface area contributed by atoms with Gasteiger partial charge >= 0.3 is 5.97 Å². The maximum atomic E-state index is 12.5. The van der Waals surface area contributed by atoms with Crippen molar-refractivity contribution < 1.29 is 19.4 Å². The summed E-state index contributed by atoms with van der Waals surface area (Å²) in [6.45, 7) is 0.694. The van der Waals surface area contributed by atoms with Crippen molar-refractivity contribution in [2.75, 3.05) is 20.7 Å². The van der Waals surface area contributed by atoms with E-state index in [1.807, 2.05) is 31.3 Å². The normalized spacial score (nSPS) is 20.4. The van der Waals surface area contributed by atoms with Gasteiger partial charge in [0.1, 0.15) is 5.75 Å². The number of nitrogens with zero attached hydrogens (tertiary/aromatic N) is 1. The monoisotopic (exact) mass is 333 g/mol. The minimum atomic E-state index is -0.769. The number of carbonyl (C=O) groups excluding carboxylic acids is 1. The molecular formula is C19H27NO4. The van der Waals surface area contributed by atoms with Crippen LogP contribution in [0.1, 0.15) is 37.7 Å². The summed E-state index contributed by atoms with van der Waals surface area (Å²) >= 11 is 0. The molecule has 1 saturated carbocycles. The average molecular weight is 333 g/mol. The number of carbonyl (C=O) groups is 2. The Balaban J connectivity index is 1.77. The maximum Gasteiger partial charge on any atom is 0.306 e. The molecule has 132 valence electrons. The first-order valence-electron chi connectivity index (χ1n) is 8.62. The fourth-order valence-corrected chi connectivity index (χ4v) is 3.37. The summed E-state index contributed by atoms with van der Waals surface area (Å²) in [5, 5.41) is 9.15. The predicted octanol–water partition coefficient (Wildman–Crippen LogP) is 2.98. The fourth-order valence-electron chi connectivity index (χ4n) is 3.37. The molecule has 1 aliphatic carbocycles. The largest absolute Gasteiger partial charge is 0.497 e. The molecule has 1 aliphatic rings. The number of hydrogen-bond donors (Lipinski definition) is 1. The first kappa shape index (κ1) is 18.3. The van der Waals surface area contributed by atoms with Gasteiger partial charge in [-0.2, -0.15) is 0 Å². The van der Waals surface area contributed by atoms with Crippen LogP contribution in [0.4, 0.5) is 0 Å². The molecule has 0 aromatic heterocycles. The third-order valence-electron chi connectivity index (χ3n) is 4.87. The van der Waals surface area contributed by atoms with Crippen molar-refractivity contribution in [3.63, 3.8) is 0 Å². The van der Waals surface area contributed by atoms with E-state index in [-0.39, 0.29) is 17.7 Å². The van der Waals surface area contributed by atoms with Crippen molar-refractivity contribution in [1.29, 1.82) is 0 Å². The quantitative estimate of drug-likeness (QED) is 0.833. The molecule has 24 heavy (non-hydrogen) atoms. The van der Waals surface area contributed by atoms with Crippen LogP contribution in [0, 0.1) is 11.8 Å². The predicted molar refractivity (Wildman–Crippen MR) is 92.0 cm³/mol. The van der Waals surface area contributed by atoms with Gasteiger partial charge in [0.25, 0.3) is 0 Å². The van der Waals surface area contributed by atoms with Gasteiger partial charge in [0.2, 0.25) is 5.91 Å². The zero-order valence-corrected chi connectivity index (χ0v) is 14.5. The molecule has 0 heterocycles. The van der Waals surface area contributed by atoms with E-state index >= 15 is 0 Å². The maximum absolute atomic E-state index is 12.5. The Morgan fingerprint density at radius 1 is 1.21 bits per heavy atom. The SMILES string of the molecule is COc1ccc(CCCN(C)C(=O)C2CCCC(C(=O)O)C2)cc1. The Kier molecular flexibility index (Phi) is 6.64. The molecule has 1 aromatic rings. The summed E-state index contributed by atoms with van der Waals surface area (Å²) in [4.78, 5) is 25.4. The van der Waals surface area contributed by atoms with Crippen LogP contribution < -0.4 is 4.74 Å². The molecule has 1 aromatic carbocycles. The van der Waals surface area contributed by atoms with Gasteiger partial charge < -0.3 is 14.7 Å². The van der Waals surface area contributed by atoms with Crippen LogP contribution in [0.3, 0.4) is 0 Å². The van der Waals surface area contributed by atoms with E-state index in [1.54, 1.807) is 12.0 Å². The van der Waals surface area contributed by atoms with Gasteiger partial charge in [-0.15, -0.1) is 0 Å². The van der Waals surface area contributed by atoms with Gasteiger partial charge in [-0.1, -0.05) is 18.6 Å². The topological polar surface area (TPSA) is 66.8 Å². The number of aliphatic carboxylic acids is 1. The summed E-state index contributed by atoms with van der Waals surface area (Å²) in [5.41, 5.74) is 1.22. The van der Waals surface area contributed by atoms with Gasteiger partial charge in [-0.25, -0.2) is 0 Å². The fraction of sp³-hybridized carbons (Fsp3) is 0.579. The highest BCUT2D eigenvalue weighted by Crippen LogP contribution is 2.30. The number of hydrogen-bond acceptors (Lipinski definition) is 3. The van der Waals surface area contributed by atoms with Crippen LogP contribution in [0.5, 0.6) is 5.75 Å². The van der Waals surface area contributed by atoms with Gasteiger partial charge in [-0.3, -0.25) is 9.59 Å². The molecule has 0 spiro atoms. The highest BCUT2D eigenvalue weighted by atomic mass is 16.5. The molecule has 0 radical (unpaired) electrons. The van der Waals surface area contributed by atoms with Crippen molar-refractivity contribution >= 4 is 11.9 Å². The Morgan fingerprint density at radius 2 is 1.88 bits per heavy atom. The standard InChI is InChI=1S/C19H27NO4/c1-20(12-4-5-14-8-10-17(24-2)11-9-14)18(21)15-6-3-7-16(13-15)19(22)23/h8-11,15-16H,3-7,12-13H2,1-2H3,(H,22,23). The second-order valence-corrected chi connectivity index (χ2v) is 6.61. The lowest BCUT2D eigenvalue weighted by Gasteiger charge is -2.29. The van der Waals surface area contributed by atoms with Crippen LogP contribution in [0.2, 0.25) is 0 Å². The highest BCUT2D eigenvalue weighted by Gasteiger charge is 2.32. The number of amides is 1. The van der Waals surface area contributed by atoms with Crippen LogP contribution in [-0.2, 0) is 16.0 Å². The van der Waals surface area contributed by atoms with E-state index in [0.29, 0.717) is 19.4 Å². The van der Waals surface area contributed by atoms with Crippen LogP contribution >= 0.6 is 0 Å². The molecule has 2 rings (SSSR count). The first-order chi connectivity index (χ1) is 11.5. The number of benzene rings is 1. The minimum Gasteiger partial charge on any atom is -0.497 e. The Hall–Kier alpha value is -2.04. The highest BCUT2D eigenvalue weighted by molar-refractivity contribution is 5.80. The second kappa shape index (κ2) is 8.71. The number of rotatable bonds is 7. The lowest BCUT2D eigenvalue weighted by molar-refractivity contribution is -0.145. The van der Waals surface area contributed by atoms with Crippen molar-refractivity contribution in [3.8, 4) is 5.75 Å². The number of carboxylic acids is 1. The molecule has 0 saturated heterocycles. The van der Waals surface area contributed by atoms with Crippen molar-refractivity contribution in [2.45, 2.75) is 38.5 Å². The molecule has 1 fully saturated rings. The Morgan fingerprint density at radius 3 is 2.50 bits per heavy atom. The lowest BCUT2D eigenvalue weighted by Crippen LogP contribution is -2.37. The van der Waals surface area contributed by atoms with Gasteiger partial charge in [0.05, 0.1) is 13.0 Å². The molecule has 1 amide bonds. The third-order valence-corrected chi connectivity index (χ3v) is 4.87. The van der Waals surface area contributed by atoms with E-state index in [2.05, 4.69) is 0 Å². The number of aryl methyl sites for hydroxylation is 1. The number of carboxylic acid groups (broad SMARTS) is 1. The van der Waals surface area contributed by atoms with E-state index in [4.69, 9.17) is 9.84 Å². The van der Waals surface area contributed by atoms with E-state index in [1.165, 1.54) is 5.56 Å². The summed E-state index contributed by atoms with van der Waals surface area (Å²) < 4.78 is 5.14. The molecule has 2 atom stereocenters. The Bertz CT molecular complexity index is 555. The van der Waals surface area contributed by atoms with Gasteiger partial charge in [0.15, 0.2) is 0 Å². The molecular weight excluding hydrogens is 306 g/mol. The van der Waals surface area contributed by atoms with E-state index in [0.717, 1.165) is 31.4 Å². The van der Waals surface area contributed by atoms with Crippen LogP contribution in [0.25, 0.3) is 0 Å². The van der Waals surface area contributed by atoms with Crippen molar-refractivity contribution in [2.24, 2.45) is 11.8 Å². The van der Waals surface area contributed by atoms with E-state index in [9.17, 15) is 9.59 Å². The smallest absolute Gasteiger partial charge is 0.306 e. The first-order valence-corrected chi connectivity index (χ1v) is 8.62. The molecule has 5 heteroatoms. The van der Waals surface area contributed by atoms with E-state index < -0.39 is 5.97 Å². The minimum absolute atomic E-state index is 0.0932. The zero-order chi connectivity index (χ0) is 17.5. The molecule has 0 aliphatic heterocycles. The third kappa shape index (κ3) is 4.98. The van der Waals surface area contributed by atoms with Crippen LogP contribution in [0.15, 0.2) is 24.3 Å². The second-order valence-electron chi connectivity index (χ2n) is 6.61. The summed E-state index contributed by atoms with van der Waals surface area (Å²) in [7, 11) is 3.47. The number of methoxy groups -OCH3 is 1. The number of ether oxygens (including phenoxy) is 1.